The molecular weight excluding hydrogens is 939 g/mol. The molecule has 17 unspecified atom stereocenters. The average molecular weight is 1030 g/mol. The Kier molecular flexibility index (Phi) is 33.7. The summed E-state index contributed by atoms with van der Waals surface area (Å²) in [6, 6.07) is -0.988. The van der Waals surface area contributed by atoms with Crippen LogP contribution in [-0.2, 0) is 33.2 Å². The zero-order valence-electron chi connectivity index (χ0n) is 43.1. The lowest BCUT2D eigenvalue weighted by Gasteiger charge is -2.48. The third kappa shape index (κ3) is 22.7. The SMILES string of the molecule is CCCCC/C=C/CC/C=C/C(O)C(COC1OC(CO)C(OC2OC(CO)C(OC3OC(CO)C(O)C(O)C3O)C(O)C2O)C(O)C1O)NC(=O)CCCCCCCCC/C=C\CCCCCCCCC. The van der Waals surface area contributed by atoms with E-state index in [9.17, 15) is 61.0 Å². The Labute approximate surface area is 428 Å². The van der Waals surface area contributed by atoms with Gasteiger partial charge in [-0.2, -0.15) is 0 Å². The number of carbonyl (C=O) groups is 1. The fourth-order valence-electron chi connectivity index (χ4n) is 9.08. The molecule has 3 aliphatic heterocycles. The van der Waals surface area contributed by atoms with E-state index in [1.807, 2.05) is 6.08 Å². The topological polar surface area (TPSA) is 307 Å². The van der Waals surface area contributed by atoms with Gasteiger partial charge in [-0.05, 0) is 57.8 Å². The van der Waals surface area contributed by atoms with Crippen LogP contribution >= 0.6 is 0 Å². The molecule has 3 fully saturated rings. The summed E-state index contributed by atoms with van der Waals surface area (Å²) in [4.78, 5) is 13.2. The Hall–Kier alpha value is -1.99. The van der Waals surface area contributed by atoms with Gasteiger partial charge in [0.1, 0.15) is 73.2 Å². The van der Waals surface area contributed by atoms with Crippen LogP contribution in [-0.4, -0.2) is 193 Å². The smallest absolute Gasteiger partial charge is 0.220 e. The number of carbonyl (C=O) groups excluding carboxylic acids is 1. The average Bonchev–Trinajstić information content (AvgIpc) is 3.37. The molecule has 19 nitrogen and oxygen atoms in total. The van der Waals surface area contributed by atoms with Gasteiger partial charge < -0.3 is 89.9 Å². The van der Waals surface area contributed by atoms with Crippen molar-refractivity contribution in [3.63, 3.8) is 0 Å². The summed E-state index contributed by atoms with van der Waals surface area (Å²) in [5, 5.41) is 120. The second-order valence-electron chi connectivity index (χ2n) is 19.7. The molecule has 0 aromatic rings. The molecule has 12 N–H and O–H groups in total. The van der Waals surface area contributed by atoms with E-state index in [1.54, 1.807) is 6.08 Å². The predicted octanol–water partition coefficient (Wildman–Crippen LogP) is 2.98. The van der Waals surface area contributed by atoms with E-state index >= 15 is 0 Å². The highest BCUT2D eigenvalue weighted by Gasteiger charge is 2.53. The van der Waals surface area contributed by atoms with Gasteiger partial charge in [-0.25, -0.2) is 0 Å². The van der Waals surface area contributed by atoms with Crippen LogP contribution in [0, 0.1) is 0 Å². The van der Waals surface area contributed by atoms with Crippen LogP contribution in [0.5, 0.6) is 0 Å². The van der Waals surface area contributed by atoms with Crippen LogP contribution < -0.4 is 5.32 Å². The lowest BCUT2D eigenvalue weighted by atomic mass is 9.96. The number of nitrogens with one attached hydrogen (secondary N) is 1. The summed E-state index contributed by atoms with van der Waals surface area (Å²) in [5.74, 6) is -0.295. The van der Waals surface area contributed by atoms with Gasteiger partial charge >= 0.3 is 0 Å². The van der Waals surface area contributed by atoms with Crippen LogP contribution in [0.3, 0.4) is 0 Å². The van der Waals surface area contributed by atoms with Crippen LogP contribution in [0.4, 0.5) is 0 Å². The van der Waals surface area contributed by atoms with Crippen molar-refractivity contribution in [2.75, 3.05) is 26.4 Å². The second-order valence-corrected chi connectivity index (χ2v) is 19.7. The molecular formula is C53H95NO18. The van der Waals surface area contributed by atoms with Crippen molar-refractivity contribution in [1.29, 1.82) is 0 Å². The number of unbranched alkanes of at least 4 members (excludes halogenated alkanes) is 18. The maximum Gasteiger partial charge on any atom is 0.220 e. The summed E-state index contributed by atoms with van der Waals surface area (Å²) in [6.45, 7) is 1.61. The number of aliphatic hydroxyl groups excluding tert-OH is 11. The highest BCUT2D eigenvalue weighted by Crippen LogP contribution is 2.33. The largest absolute Gasteiger partial charge is 0.394 e. The van der Waals surface area contributed by atoms with E-state index in [1.165, 1.54) is 70.6 Å². The molecule has 0 aromatic heterocycles. The molecule has 0 radical (unpaired) electrons. The molecule has 0 aliphatic carbocycles. The van der Waals surface area contributed by atoms with Gasteiger partial charge in [0, 0.05) is 6.42 Å². The maximum absolute atomic E-state index is 13.2. The number of hydrogen-bond acceptors (Lipinski definition) is 18. The monoisotopic (exact) mass is 1030 g/mol. The van der Waals surface area contributed by atoms with E-state index in [0.717, 1.165) is 57.8 Å². The highest BCUT2D eigenvalue weighted by molar-refractivity contribution is 5.76. The number of rotatable bonds is 38. The first-order valence-electron chi connectivity index (χ1n) is 27.2. The Morgan fingerprint density at radius 2 is 0.889 bits per heavy atom. The zero-order chi connectivity index (χ0) is 52.7. The molecule has 19 heteroatoms. The first-order chi connectivity index (χ1) is 34.8. The molecule has 1 amide bonds. The Bertz CT molecular complexity index is 1470. The fraction of sp³-hybridized carbons (Fsp3) is 0.868. The molecule has 72 heavy (non-hydrogen) atoms. The van der Waals surface area contributed by atoms with E-state index in [4.69, 9.17) is 28.4 Å². The minimum atomic E-state index is -1.98. The van der Waals surface area contributed by atoms with E-state index in [0.29, 0.717) is 12.8 Å². The summed E-state index contributed by atoms with van der Waals surface area (Å²) in [7, 11) is 0. The standard InChI is InChI=1S/C53H95NO18/c1-3-5-7-9-11-13-14-15-16-17-18-19-20-21-23-25-27-29-31-41(59)54-36(37(58)30-28-26-24-22-12-10-8-6-4-2)35-67-51-47(65)44(62)49(39(33-56)69-51)72-53-48(66)45(63)50(40(34-57)70-53)71-52-46(64)43(61)42(60)38(32-55)68-52/h12,16-17,22,28,30,36-40,42-53,55-58,60-66H,3-11,13-15,18-21,23-27,29,31-35H2,1-2H3,(H,54,59)/b17-16-,22-12+,30-28+. The number of hydrogen-bond donors (Lipinski definition) is 12. The molecule has 420 valence electrons. The van der Waals surface area contributed by atoms with Gasteiger partial charge in [0.05, 0.1) is 38.6 Å². The van der Waals surface area contributed by atoms with Crippen LogP contribution in [0.1, 0.15) is 162 Å². The molecule has 0 saturated carbocycles. The Morgan fingerprint density at radius 1 is 0.486 bits per heavy atom. The van der Waals surface area contributed by atoms with Crippen molar-refractivity contribution in [3.8, 4) is 0 Å². The quantitative estimate of drug-likeness (QED) is 0.0313. The predicted molar refractivity (Wildman–Crippen MR) is 268 cm³/mol. The second kappa shape index (κ2) is 37.7. The van der Waals surface area contributed by atoms with Gasteiger partial charge in [0.25, 0.3) is 0 Å². The third-order valence-electron chi connectivity index (χ3n) is 13.7. The Morgan fingerprint density at radius 3 is 1.42 bits per heavy atom. The Balaban J connectivity index is 1.52. The van der Waals surface area contributed by atoms with Crippen LogP contribution in [0.15, 0.2) is 36.5 Å². The summed E-state index contributed by atoms with van der Waals surface area (Å²) >= 11 is 0. The summed E-state index contributed by atoms with van der Waals surface area (Å²) in [6.07, 6.45) is 10.2. The van der Waals surface area contributed by atoms with E-state index < -0.39 is 124 Å². The van der Waals surface area contributed by atoms with E-state index in [-0.39, 0.29) is 18.9 Å². The van der Waals surface area contributed by atoms with Gasteiger partial charge in [0.2, 0.25) is 5.91 Å². The minimum Gasteiger partial charge on any atom is -0.394 e. The maximum atomic E-state index is 13.2. The van der Waals surface area contributed by atoms with Gasteiger partial charge in [-0.1, -0.05) is 134 Å². The van der Waals surface area contributed by atoms with Crippen molar-refractivity contribution < 1.29 is 89.4 Å². The van der Waals surface area contributed by atoms with Gasteiger partial charge in [0.15, 0.2) is 18.9 Å². The lowest BCUT2D eigenvalue weighted by molar-refractivity contribution is -0.379. The van der Waals surface area contributed by atoms with Crippen molar-refractivity contribution in [3.05, 3.63) is 36.5 Å². The molecule has 0 bridgehead atoms. The number of allylic oxidation sites excluding steroid dienone is 5. The molecule has 0 spiro atoms. The van der Waals surface area contributed by atoms with Crippen molar-refractivity contribution in [2.45, 2.75) is 266 Å². The number of amides is 1. The molecule has 17 atom stereocenters. The highest BCUT2D eigenvalue weighted by atomic mass is 16.8. The minimum absolute atomic E-state index is 0.230. The van der Waals surface area contributed by atoms with Crippen LogP contribution in [0.2, 0.25) is 0 Å². The van der Waals surface area contributed by atoms with E-state index in [2.05, 4.69) is 43.5 Å². The molecule has 3 heterocycles. The number of ether oxygens (including phenoxy) is 6. The normalized spacial score (nSPS) is 32.3. The third-order valence-corrected chi connectivity index (χ3v) is 13.7. The lowest BCUT2D eigenvalue weighted by Crippen LogP contribution is -2.66. The molecule has 3 saturated heterocycles. The van der Waals surface area contributed by atoms with Crippen molar-refractivity contribution >= 4 is 5.91 Å². The summed E-state index contributed by atoms with van der Waals surface area (Å²) < 4.78 is 34.1. The number of aliphatic hydroxyl groups is 11. The van der Waals surface area contributed by atoms with Gasteiger partial charge in [-0.15, -0.1) is 0 Å². The zero-order valence-corrected chi connectivity index (χ0v) is 43.1. The van der Waals surface area contributed by atoms with Crippen LogP contribution in [0.25, 0.3) is 0 Å². The fourth-order valence-corrected chi connectivity index (χ4v) is 9.08. The molecule has 3 aliphatic rings. The molecule has 0 aromatic carbocycles. The van der Waals surface area contributed by atoms with Gasteiger partial charge in [-0.3, -0.25) is 4.79 Å². The first-order valence-corrected chi connectivity index (χ1v) is 27.2. The molecule has 3 rings (SSSR count). The first kappa shape index (κ1) is 64.3. The summed E-state index contributed by atoms with van der Waals surface area (Å²) in [5.41, 5.74) is 0. The van der Waals surface area contributed by atoms with Crippen molar-refractivity contribution in [1.82, 2.24) is 5.32 Å². The van der Waals surface area contributed by atoms with Crippen molar-refractivity contribution in [2.24, 2.45) is 0 Å².